The van der Waals surface area contributed by atoms with Crippen LogP contribution in [0.2, 0.25) is 0 Å². The number of aromatic nitrogens is 1. The third-order valence-corrected chi connectivity index (χ3v) is 2.31. The topological polar surface area (TPSA) is 50.2 Å². The molecule has 0 saturated heterocycles. The molecule has 0 aliphatic heterocycles. The first-order chi connectivity index (χ1) is 7.25. The molecule has 3 nitrogen and oxygen atoms in total. The summed E-state index contributed by atoms with van der Waals surface area (Å²) in [5.41, 5.74) is 0.203. The highest BCUT2D eigenvalue weighted by atomic mass is 16.3. The van der Waals surface area contributed by atoms with Crippen LogP contribution in [-0.4, -0.2) is 15.9 Å². The maximum Gasteiger partial charge on any atom is 0.184 e. The van der Waals surface area contributed by atoms with Crippen molar-refractivity contribution in [1.82, 2.24) is 4.98 Å². The number of unbranched alkanes of at least 4 members (excludes halogenated alkanes) is 3. The molecule has 1 aromatic heterocycles. The average Bonchev–Trinajstić information content (AvgIpc) is 2.25. The van der Waals surface area contributed by atoms with Crippen molar-refractivity contribution in [2.45, 2.75) is 39.0 Å². The fourth-order valence-electron chi connectivity index (χ4n) is 1.44. The van der Waals surface area contributed by atoms with E-state index in [1.807, 2.05) is 0 Å². The van der Waals surface area contributed by atoms with E-state index < -0.39 is 0 Å². The number of nitrogens with zero attached hydrogens (tertiary/aromatic N) is 1. The van der Waals surface area contributed by atoms with Crippen LogP contribution in [0.3, 0.4) is 0 Å². The third kappa shape index (κ3) is 3.70. The quantitative estimate of drug-likeness (QED) is 0.576. The molecule has 0 aliphatic carbocycles. The zero-order valence-corrected chi connectivity index (χ0v) is 9.07. The summed E-state index contributed by atoms with van der Waals surface area (Å²) in [4.78, 5) is 15.5. The van der Waals surface area contributed by atoms with E-state index in [-0.39, 0.29) is 17.2 Å². The molecule has 1 rings (SSSR count). The second-order valence-corrected chi connectivity index (χ2v) is 3.60. The first-order valence-corrected chi connectivity index (χ1v) is 5.43. The highest BCUT2D eigenvalue weighted by Crippen LogP contribution is 2.16. The summed E-state index contributed by atoms with van der Waals surface area (Å²) in [5.74, 6) is -0.0813. The van der Waals surface area contributed by atoms with Gasteiger partial charge in [0.1, 0.15) is 11.4 Å². The van der Waals surface area contributed by atoms with Crippen molar-refractivity contribution in [3.8, 4) is 5.75 Å². The molecule has 0 unspecified atom stereocenters. The van der Waals surface area contributed by atoms with Crippen LogP contribution in [0.25, 0.3) is 0 Å². The zero-order valence-electron chi connectivity index (χ0n) is 9.07. The van der Waals surface area contributed by atoms with Crippen molar-refractivity contribution < 1.29 is 9.90 Å². The predicted molar refractivity (Wildman–Crippen MR) is 59.0 cm³/mol. The maximum atomic E-state index is 11.6. The van der Waals surface area contributed by atoms with Crippen LogP contribution in [0, 0.1) is 0 Å². The van der Waals surface area contributed by atoms with Crippen LogP contribution in [0.5, 0.6) is 5.75 Å². The normalized spacial score (nSPS) is 10.2. The molecule has 3 heteroatoms. The van der Waals surface area contributed by atoms with Crippen LogP contribution in [0.15, 0.2) is 18.3 Å². The van der Waals surface area contributed by atoms with E-state index in [0.717, 1.165) is 25.7 Å². The van der Waals surface area contributed by atoms with E-state index in [2.05, 4.69) is 11.9 Å². The lowest BCUT2D eigenvalue weighted by Gasteiger charge is -2.01. The molecule has 0 aliphatic rings. The van der Waals surface area contributed by atoms with E-state index in [9.17, 15) is 9.90 Å². The first kappa shape index (κ1) is 11.7. The minimum Gasteiger partial charge on any atom is -0.506 e. The number of hydrogen-bond donors (Lipinski definition) is 1. The van der Waals surface area contributed by atoms with Gasteiger partial charge >= 0.3 is 0 Å². The number of ketones is 1. The Morgan fingerprint density at radius 2 is 2.20 bits per heavy atom. The molecule has 0 atom stereocenters. The summed E-state index contributed by atoms with van der Waals surface area (Å²) in [6, 6.07) is 3.11. The summed E-state index contributed by atoms with van der Waals surface area (Å²) >= 11 is 0. The van der Waals surface area contributed by atoms with Gasteiger partial charge in [-0.25, -0.2) is 4.98 Å². The molecule has 82 valence electrons. The van der Waals surface area contributed by atoms with Crippen LogP contribution in [0.1, 0.15) is 49.5 Å². The van der Waals surface area contributed by atoms with Gasteiger partial charge in [0.05, 0.1) is 0 Å². The maximum absolute atomic E-state index is 11.6. The second-order valence-electron chi connectivity index (χ2n) is 3.60. The summed E-state index contributed by atoms with van der Waals surface area (Å²) in [6.07, 6.45) is 6.26. The van der Waals surface area contributed by atoms with Crippen LogP contribution in [-0.2, 0) is 0 Å². The lowest BCUT2D eigenvalue weighted by molar-refractivity contribution is 0.0971. The number of hydrogen-bond acceptors (Lipinski definition) is 3. The second kappa shape index (κ2) is 6.17. The Morgan fingerprint density at radius 1 is 1.40 bits per heavy atom. The van der Waals surface area contributed by atoms with Crippen LogP contribution < -0.4 is 0 Å². The highest BCUT2D eigenvalue weighted by Gasteiger charge is 2.10. The monoisotopic (exact) mass is 207 g/mol. The third-order valence-electron chi connectivity index (χ3n) is 2.31. The lowest BCUT2D eigenvalue weighted by Crippen LogP contribution is -2.02. The van der Waals surface area contributed by atoms with Gasteiger partial charge in [-0.1, -0.05) is 26.2 Å². The first-order valence-electron chi connectivity index (χ1n) is 5.43. The smallest absolute Gasteiger partial charge is 0.184 e. The Balaban J connectivity index is 2.44. The largest absolute Gasteiger partial charge is 0.506 e. The van der Waals surface area contributed by atoms with E-state index in [1.54, 1.807) is 6.07 Å². The molecule has 1 heterocycles. The molecule has 0 fully saturated rings. The Hall–Kier alpha value is -1.38. The van der Waals surface area contributed by atoms with E-state index in [1.165, 1.54) is 12.3 Å². The van der Waals surface area contributed by atoms with Gasteiger partial charge in [0, 0.05) is 12.6 Å². The van der Waals surface area contributed by atoms with Gasteiger partial charge in [-0.15, -0.1) is 0 Å². The zero-order chi connectivity index (χ0) is 11.1. The average molecular weight is 207 g/mol. The van der Waals surface area contributed by atoms with Crippen molar-refractivity contribution in [3.63, 3.8) is 0 Å². The van der Waals surface area contributed by atoms with Crippen LogP contribution in [0.4, 0.5) is 0 Å². The predicted octanol–water partition coefficient (Wildman–Crippen LogP) is 2.94. The minimum absolute atomic E-state index is 0.0157. The van der Waals surface area contributed by atoms with Crippen LogP contribution >= 0.6 is 0 Å². The molecule has 0 radical (unpaired) electrons. The molecule has 0 aromatic carbocycles. The van der Waals surface area contributed by atoms with Gasteiger partial charge in [0.15, 0.2) is 5.78 Å². The van der Waals surface area contributed by atoms with Gasteiger partial charge in [-0.05, 0) is 18.6 Å². The fourth-order valence-corrected chi connectivity index (χ4v) is 1.44. The lowest BCUT2D eigenvalue weighted by atomic mass is 10.1. The summed E-state index contributed by atoms with van der Waals surface area (Å²) in [7, 11) is 0. The molecule has 0 spiro atoms. The Kier molecular flexibility index (Phi) is 4.81. The van der Waals surface area contributed by atoms with Crippen molar-refractivity contribution in [3.05, 3.63) is 24.0 Å². The van der Waals surface area contributed by atoms with E-state index >= 15 is 0 Å². The van der Waals surface area contributed by atoms with Gasteiger partial charge in [-0.2, -0.15) is 0 Å². The SMILES string of the molecule is CCCCCCC(=O)c1ncccc1O. The Morgan fingerprint density at radius 3 is 2.87 bits per heavy atom. The van der Waals surface area contributed by atoms with Gasteiger partial charge in [-0.3, -0.25) is 4.79 Å². The van der Waals surface area contributed by atoms with Gasteiger partial charge in [0.25, 0.3) is 0 Å². The Bertz CT molecular complexity index is 323. The van der Waals surface area contributed by atoms with Crippen molar-refractivity contribution in [1.29, 1.82) is 0 Å². The molecular formula is C12H17NO2. The number of carbonyl (C=O) groups excluding carboxylic acids is 1. The molecule has 1 aromatic rings. The van der Waals surface area contributed by atoms with Gasteiger partial charge < -0.3 is 5.11 Å². The van der Waals surface area contributed by atoms with E-state index in [0.29, 0.717) is 6.42 Å². The molecular weight excluding hydrogens is 190 g/mol. The number of Topliss-reactive ketones (excluding diaryl/α,β-unsaturated/α-hetero) is 1. The van der Waals surface area contributed by atoms with Crippen molar-refractivity contribution >= 4 is 5.78 Å². The van der Waals surface area contributed by atoms with Crippen molar-refractivity contribution in [2.24, 2.45) is 0 Å². The fraction of sp³-hybridized carbons (Fsp3) is 0.500. The number of rotatable bonds is 6. The number of aromatic hydroxyl groups is 1. The molecule has 0 amide bonds. The number of pyridine rings is 1. The standard InChI is InChI=1S/C12H17NO2/c1-2-3-4-5-7-10(14)12-11(15)8-6-9-13-12/h6,8-9,15H,2-5,7H2,1H3. The number of carbonyl (C=O) groups is 1. The summed E-state index contributed by atoms with van der Waals surface area (Å²) < 4.78 is 0. The highest BCUT2D eigenvalue weighted by molar-refractivity contribution is 5.96. The summed E-state index contributed by atoms with van der Waals surface area (Å²) in [5, 5.41) is 9.40. The van der Waals surface area contributed by atoms with Gasteiger partial charge in [0.2, 0.25) is 0 Å². The molecule has 0 saturated carbocycles. The molecule has 1 N–H and O–H groups in total. The molecule has 15 heavy (non-hydrogen) atoms. The molecule has 0 bridgehead atoms. The van der Waals surface area contributed by atoms with E-state index in [4.69, 9.17) is 0 Å². The summed E-state index contributed by atoms with van der Waals surface area (Å²) in [6.45, 7) is 2.13. The Labute approximate surface area is 90.2 Å². The van der Waals surface area contributed by atoms with Crippen molar-refractivity contribution in [2.75, 3.05) is 0 Å². The minimum atomic E-state index is -0.0656.